The fourth-order valence-corrected chi connectivity index (χ4v) is 2.38. The van der Waals surface area contributed by atoms with Crippen LogP contribution in [0.1, 0.15) is 29.7 Å². The van der Waals surface area contributed by atoms with Gasteiger partial charge in [-0.05, 0) is 57.8 Å². The minimum Gasteiger partial charge on any atom is -0.320 e. The van der Waals surface area contributed by atoms with Crippen LogP contribution in [0.15, 0.2) is 42.5 Å². The molecule has 0 spiro atoms. The van der Waals surface area contributed by atoms with Crippen LogP contribution in [0.3, 0.4) is 0 Å². The molecule has 2 N–H and O–H groups in total. The van der Waals surface area contributed by atoms with Gasteiger partial charge in [-0.15, -0.1) is 0 Å². The molecule has 2 rings (SSSR count). The Labute approximate surface area is 126 Å². The molecular weight excluding hydrogens is 357 g/mol. The molecule has 2 aromatic carbocycles. The molecule has 18 heavy (non-hydrogen) atoms. The lowest BCUT2D eigenvalue weighted by molar-refractivity contribution is 0.869. The lowest BCUT2D eigenvalue weighted by atomic mass is 9.98. The minimum absolute atomic E-state index is 0.120. The number of aryl methyl sites for hydroxylation is 1. The van der Waals surface area contributed by atoms with Gasteiger partial charge in [0.15, 0.2) is 0 Å². The third-order valence-electron chi connectivity index (χ3n) is 3.05. The minimum atomic E-state index is -0.120. The number of nitrogens with two attached hydrogens (primary N) is 1. The topological polar surface area (TPSA) is 26.0 Å². The van der Waals surface area contributed by atoms with Crippen molar-refractivity contribution in [3.8, 4) is 0 Å². The van der Waals surface area contributed by atoms with E-state index < -0.39 is 0 Å². The van der Waals surface area contributed by atoms with Crippen molar-refractivity contribution in [2.24, 2.45) is 5.73 Å². The number of rotatable bonds is 3. The van der Waals surface area contributed by atoms with E-state index in [1.807, 2.05) is 18.2 Å². The molecule has 0 aromatic heterocycles. The summed E-state index contributed by atoms with van der Waals surface area (Å²) < 4.78 is 1.05. The van der Waals surface area contributed by atoms with Crippen molar-refractivity contribution in [3.05, 3.63) is 67.7 Å². The quantitative estimate of drug-likeness (QED) is 0.787. The van der Waals surface area contributed by atoms with Gasteiger partial charge in [0, 0.05) is 3.57 Å². The van der Waals surface area contributed by atoms with Gasteiger partial charge in [-0.2, -0.15) is 0 Å². The summed E-state index contributed by atoms with van der Waals surface area (Å²) in [5.74, 6) is 0. The van der Waals surface area contributed by atoms with Crippen LogP contribution in [0.2, 0.25) is 5.02 Å². The molecule has 0 bridgehead atoms. The SMILES string of the molecule is CCc1ccc(C(N)c2ccc(I)c(Cl)c2)cc1. The second-order valence-electron chi connectivity index (χ2n) is 4.25. The summed E-state index contributed by atoms with van der Waals surface area (Å²) in [6.07, 6.45) is 1.05. The van der Waals surface area contributed by atoms with Crippen molar-refractivity contribution >= 4 is 34.2 Å². The van der Waals surface area contributed by atoms with Crippen LogP contribution in [-0.2, 0) is 6.42 Å². The number of hydrogen-bond donors (Lipinski definition) is 1. The summed E-state index contributed by atoms with van der Waals surface area (Å²) in [6.45, 7) is 2.15. The summed E-state index contributed by atoms with van der Waals surface area (Å²) >= 11 is 8.35. The van der Waals surface area contributed by atoms with E-state index in [-0.39, 0.29) is 6.04 Å². The Balaban J connectivity index is 2.28. The zero-order chi connectivity index (χ0) is 13.1. The Morgan fingerprint density at radius 3 is 2.28 bits per heavy atom. The number of hydrogen-bond acceptors (Lipinski definition) is 1. The molecule has 0 saturated heterocycles. The first-order valence-corrected chi connectivity index (χ1v) is 7.37. The summed E-state index contributed by atoms with van der Waals surface area (Å²) in [5, 5.41) is 0.758. The molecule has 3 heteroatoms. The second-order valence-corrected chi connectivity index (χ2v) is 5.82. The van der Waals surface area contributed by atoms with Gasteiger partial charge in [0.25, 0.3) is 0 Å². The molecule has 94 valence electrons. The zero-order valence-electron chi connectivity index (χ0n) is 10.2. The molecule has 0 heterocycles. The van der Waals surface area contributed by atoms with Gasteiger partial charge in [-0.25, -0.2) is 0 Å². The van der Waals surface area contributed by atoms with E-state index in [2.05, 4.69) is 53.8 Å². The highest BCUT2D eigenvalue weighted by Gasteiger charge is 2.10. The Kier molecular flexibility index (Phi) is 4.65. The van der Waals surface area contributed by atoms with E-state index in [4.69, 9.17) is 17.3 Å². The third kappa shape index (κ3) is 3.05. The smallest absolute Gasteiger partial charge is 0.0552 e. The van der Waals surface area contributed by atoms with Gasteiger partial charge in [0.2, 0.25) is 0 Å². The maximum absolute atomic E-state index is 6.27. The van der Waals surface area contributed by atoms with E-state index in [0.717, 1.165) is 26.1 Å². The maximum Gasteiger partial charge on any atom is 0.0552 e. The molecule has 0 aliphatic rings. The fraction of sp³-hybridized carbons (Fsp3) is 0.200. The highest BCUT2D eigenvalue weighted by atomic mass is 127. The maximum atomic E-state index is 6.27. The molecular formula is C15H15ClIN. The van der Waals surface area contributed by atoms with Crippen molar-refractivity contribution in [2.75, 3.05) is 0 Å². The standard InChI is InChI=1S/C15H15ClIN/c1-2-10-3-5-11(6-4-10)15(18)12-7-8-14(17)13(16)9-12/h3-9,15H,2,18H2,1H3. The van der Waals surface area contributed by atoms with E-state index in [1.54, 1.807) is 0 Å². The monoisotopic (exact) mass is 371 g/mol. The average molecular weight is 372 g/mol. The van der Waals surface area contributed by atoms with Crippen LogP contribution in [-0.4, -0.2) is 0 Å². The lowest BCUT2D eigenvalue weighted by Crippen LogP contribution is -2.11. The Morgan fingerprint density at radius 1 is 1.11 bits per heavy atom. The van der Waals surface area contributed by atoms with Gasteiger partial charge in [-0.1, -0.05) is 48.9 Å². The molecule has 1 atom stereocenters. The molecule has 0 saturated carbocycles. The Hall–Kier alpha value is -0.580. The molecule has 0 aliphatic carbocycles. The van der Waals surface area contributed by atoms with Crippen LogP contribution in [0.5, 0.6) is 0 Å². The van der Waals surface area contributed by atoms with E-state index in [1.165, 1.54) is 5.56 Å². The van der Waals surface area contributed by atoms with Crippen LogP contribution >= 0.6 is 34.2 Å². The van der Waals surface area contributed by atoms with Crippen LogP contribution < -0.4 is 5.73 Å². The van der Waals surface area contributed by atoms with E-state index in [0.29, 0.717) is 0 Å². The summed E-state index contributed by atoms with van der Waals surface area (Å²) in [6, 6.07) is 14.3. The van der Waals surface area contributed by atoms with Crippen molar-refractivity contribution in [2.45, 2.75) is 19.4 Å². The molecule has 0 amide bonds. The number of benzene rings is 2. The molecule has 0 fully saturated rings. The predicted molar refractivity (Wildman–Crippen MR) is 86.0 cm³/mol. The first kappa shape index (κ1) is 13.8. The third-order valence-corrected chi connectivity index (χ3v) is 4.62. The molecule has 2 aromatic rings. The van der Waals surface area contributed by atoms with Crippen molar-refractivity contribution < 1.29 is 0 Å². The summed E-state index contributed by atoms with van der Waals surface area (Å²) in [5.41, 5.74) is 9.75. The van der Waals surface area contributed by atoms with Gasteiger partial charge in [0.05, 0.1) is 11.1 Å². The van der Waals surface area contributed by atoms with Crippen molar-refractivity contribution in [1.82, 2.24) is 0 Å². The molecule has 0 radical (unpaired) electrons. The molecule has 1 unspecified atom stereocenters. The van der Waals surface area contributed by atoms with E-state index in [9.17, 15) is 0 Å². The van der Waals surface area contributed by atoms with Gasteiger partial charge < -0.3 is 5.73 Å². The van der Waals surface area contributed by atoms with Crippen LogP contribution in [0.25, 0.3) is 0 Å². The first-order valence-electron chi connectivity index (χ1n) is 5.91. The van der Waals surface area contributed by atoms with Crippen LogP contribution in [0.4, 0.5) is 0 Å². The summed E-state index contributed by atoms with van der Waals surface area (Å²) in [7, 11) is 0. The zero-order valence-corrected chi connectivity index (χ0v) is 13.1. The van der Waals surface area contributed by atoms with E-state index >= 15 is 0 Å². The lowest BCUT2D eigenvalue weighted by Gasteiger charge is -2.14. The fourth-order valence-electron chi connectivity index (χ4n) is 1.86. The normalized spacial score (nSPS) is 12.4. The number of halogens is 2. The first-order chi connectivity index (χ1) is 8.61. The van der Waals surface area contributed by atoms with Crippen molar-refractivity contribution in [3.63, 3.8) is 0 Å². The Morgan fingerprint density at radius 2 is 1.72 bits per heavy atom. The van der Waals surface area contributed by atoms with Gasteiger partial charge in [-0.3, -0.25) is 0 Å². The second kappa shape index (κ2) is 6.04. The van der Waals surface area contributed by atoms with Gasteiger partial charge in [0.1, 0.15) is 0 Å². The predicted octanol–water partition coefficient (Wildman–Crippen LogP) is 4.56. The largest absolute Gasteiger partial charge is 0.320 e. The molecule has 0 aliphatic heterocycles. The van der Waals surface area contributed by atoms with Gasteiger partial charge >= 0.3 is 0 Å². The average Bonchev–Trinajstić information content (AvgIpc) is 2.41. The highest BCUT2D eigenvalue weighted by molar-refractivity contribution is 14.1. The highest BCUT2D eigenvalue weighted by Crippen LogP contribution is 2.26. The summed E-state index contributed by atoms with van der Waals surface area (Å²) in [4.78, 5) is 0. The van der Waals surface area contributed by atoms with Crippen molar-refractivity contribution in [1.29, 1.82) is 0 Å². The Bertz CT molecular complexity index is 537. The molecule has 1 nitrogen and oxygen atoms in total. The van der Waals surface area contributed by atoms with Crippen LogP contribution in [0, 0.1) is 3.57 Å².